The number of H-pyrrole nitrogens is 1. The lowest BCUT2D eigenvalue weighted by atomic mass is 9.92. The van der Waals surface area contributed by atoms with Crippen molar-refractivity contribution in [1.29, 1.82) is 0 Å². The monoisotopic (exact) mass is 385 g/mol. The summed E-state index contributed by atoms with van der Waals surface area (Å²) in [4.78, 5) is 7.17. The minimum atomic E-state index is -2.48. The van der Waals surface area contributed by atoms with Gasteiger partial charge < -0.3 is 9.72 Å². The van der Waals surface area contributed by atoms with Gasteiger partial charge in [0, 0.05) is 37.8 Å². The fourth-order valence-electron chi connectivity index (χ4n) is 2.39. The average molecular weight is 387 g/mol. The van der Waals surface area contributed by atoms with Gasteiger partial charge in [0.05, 0.1) is 12.1 Å². The van der Waals surface area contributed by atoms with Crippen LogP contribution in [0.1, 0.15) is 28.0 Å². The molecular weight excluding hydrogens is 371 g/mol. The summed E-state index contributed by atoms with van der Waals surface area (Å²) in [6, 6.07) is 4.28. The third kappa shape index (κ3) is 2.48. The van der Waals surface area contributed by atoms with Crippen molar-refractivity contribution in [1.82, 2.24) is 9.97 Å². The smallest absolute Gasteiger partial charge is 0.142 e. The number of benzene rings is 1. The van der Waals surface area contributed by atoms with Crippen molar-refractivity contribution in [3.8, 4) is 5.75 Å². The molecule has 3 rings (SSSR count). The molecule has 2 heterocycles. The van der Waals surface area contributed by atoms with Crippen LogP contribution in [0.4, 0.5) is 4.39 Å². The number of nitrogens with zero attached hydrogens (tertiary/aromatic N) is 1. The highest BCUT2D eigenvalue weighted by Crippen LogP contribution is 2.40. The Kier molecular flexibility index (Phi) is 3.19. The molecule has 0 saturated heterocycles. The van der Waals surface area contributed by atoms with Gasteiger partial charge in [0.25, 0.3) is 0 Å². The van der Waals surface area contributed by atoms with Gasteiger partial charge in [0.15, 0.2) is 0 Å². The summed E-state index contributed by atoms with van der Waals surface area (Å²) in [5, 5.41) is 0.343. The predicted octanol–water partition coefficient (Wildman–Crippen LogP) is 5.28. The minimum Gasteiger partial charge on any atom is -0.496 e. The van der Waals surface area contributed by atoms with Gasteiger partial charge in [0.2, 0.25) is 0 Å². The zero-order valence-electron chi connectivity index (χ0n) is 14.5. The maximum atomic E-state index is 14.1. The van der Waals surface area contributed by atoms with Crippen molar-refractivity contribution in [3.63, 3.8) is 0 Å². The van der Waals surface area contributed by atoms with E-state index in [0.717, 1.165) is 6.07 Å². The Bertz CT molecular complexity index is 945. The Morgan fingerprint density at radius 2 is 2.32 bits per heavy atom. The van der Waals surface area contributed by atoms with Gasteiger partial charge in [0.1, 0.15) is 17.2 Å². The number of fused-ring (bicyclic) bond motifs is 1. The SMILES string of the molecule is [2H]C([2H])([2H])[C@H](c1c(OC)ccc(F)c1Cl)c1c[nH]c2ncc(Br)cc12. The van der Waals surface area contributed by atoms with Gasteiger partial charge in [-0.15, -0.1) is 0 Å². The van der Waals surface area contributed by atoms with Gasteiger partial charge in [-0.05, 0) is 39.7 Å². The number of ether oxygens (including phenoxy) is 1. The van der Waals surface area contributed by atoms with E-state index in [1.54, 1.807) is 18.5 Å². The Labute approximate surface area is 144 Å². The molecule has 114 valence electrons. The maximum Gasteiger partial charge on any atom is 0.142 e. The molecule has 0 spiro atoms. The highest BCUT2D eigenvalue weighted by atomic mass is 79.9. The third-order valence-corrected chi connectivity index (χ3v) is 4.26. The molecule has 0 aliphatic rings. The number of pyridine rings is 1. The van der Waals surface area contributed by atoms with Crippen LogP contribution in [0, 0.1) is 5.82 Å². The first-order valence-corrected chi connectivity index (χ1v) is 7.55. The van der Waals surface area contributed by atoms with Gasteiger partial charge in [-0.1, -0.05) is 18.5 Å². The van der Waals surface area contributed by atoms with Crippen LogP contribution < -0.4 is 4.74 Å². The number of hydrogen-bond acceptors (Lipinski definition) is 2. The molecule has 1 N–H and O–H groups in total. The van der Waals surface area contributed by atoms with E-state index < -0.39 is 18.6 Å². The Balaban J connectivity index is 2.34. The van der Waals surface area contributed by atoms with Crippen LogP contribution in [-0.2, 0) is 0 Å². The average Bonchev–Trinajstić information content (AvgIpc) is 2.93. The van der Waals surface area contributed by atoms with E-state index >= 15 is 0 Å². The van der Waals surface area contributed by atoms with Crippen LogP contribution in [-0.4, -0.2) is 17.1 Å². The number of halogens is 3. The van der Waals surface area contributed by atoms with Crippen LogP contribution in [0.2, 0.25) is 5.02 Å². The summed E-state index contributed by atoms with van der Waals surface area (Å²) in [5.74, 6) is -1.67. The molecule has 0 aliphatic carbocycles. The zero-order chi connectivity index (χ0) is 18.4. The molecule has 0 amide bonds. The molecule has 0 unspecified atom stereocenters. The van der Waals surface area contributed by atoms with Crippen molar-refractivity contribution in [3.05, 3.63) is 57.0 Å². The largest absolute Gasteiger partial charge is 0.496 e. The molecule has 0 saturated carbocycles. The predicted molar refractivity (Wildman–Crippen MR) is 89.3 cm³/mol. The van der Waals surface area contributed by atoms with Crippen molar-refractivity contribution in [2.45, 2.75) is 12.8 Å². The number of nitrogens with one attached hydrogen (secondary N) is 1. The number of rotatable bonds is 3. The van der Waals surface area contributed by atoms with E-state index in [9.17, 15) is 4.39 Å². The van der Waals surface area contributed by atoms with E-state index in [4.69, 9.17) is 20.5 Å². The van der Waals surface area contributed by atoms with Gasteiger partial charge in [-0.25, -0.2) is 9.37 Å². The first-order chi connectivity index (χ1) is 11.7. The normalized spacial score (nSPS) is 15.2. The van der Waals surface area contributed by atoms with Gasteiger partial charge in [-0.2, -0.15) is 0 Å². The second kappa shape index (κ2) is 5.89. The van der Waals surface area contributed by atoms with Crippen LogP contribution in [0.25, 0.3) is 11.0 Å². The van der Waals surface area contributed by atoms with Crippen LogP contribution >= 0.6 is 27.5 Å². The molecule has 3 aromatic rings. The first-order valence-electron chi connectivity index (χ1n) is 7.88. The molecule has 0 radical (unpaired) electrons. The fourth-order valence-corrected chi connectivity index (χ4v) is 2.98. The topological polar surface area (TPSA) is 37.9 Å². The van der Waals surface area contributed by atoms with E-state index in [1.807, 2.05) is 0 Å². The number of hydrogen-bond donors (Lipinski definition) is 1. The van der Waals surface area contributed by atoms with Crippen LogP contribution in [0.5, 0.6) is 5.75 Å². The molecule has 22 heavy (non-hydrogen) atoms. The van der Waals surface area contributed by atoms with Gasteiger partial charge >= 0.3 is 0 Å². The summed E-state index contributed by atoms with van der Waals surface area (Å²) in [7, 11) is 1.39. The highest BCUT2D eigenvalue weighted by molar-refractivity contribution is 9.10. The molecule has 2 aromatic heterocycles. The summed E-state index contributed by atoms with van der Waals surface area (Å²) >= 11 is 9.47. The van der Waals surface area contributed by atoms with Crippen LogP contribution in [0.3, 0.4) is 0 Å². The molecule has 6 heteroatoms. The molecule has 0 fully saturated rings. The van der Waals surface area contributed by atoms with Crippen molar-refractivity contribution < 1.29 is 13.2 Å². The third-order valence-electron chi connectivity index (χ3n) is 3.44. The number of aromatic amines is 1. The van der Waals surface area contributed by atoms with E-state index in [2.05, 4.69) is 25.9 Å². The fraction of sp³-hybridized carbons (Fsp3) is 0.188. The lowest BCUT2D eigenvalue weighted by Gasteiger charge is -2.17. The zero-order valence-corrected chi connectivity index (χ0v) is 13.8. The number of aromatic nitrogens is 2. The first kappa shape index (κ1) is 11.9. The van der Waals surface area contributed by atoms with Gasteiger partial charge in [-0.3, -0.25) is 0 Å². The van der Waals surface area contributed by atoms with Crippen LogP contribution in [0.15, 0.2) is 35.1 Å². The molecule has 3 nitrogen and oxygen atoms in total. The summed E-state index contributed by atoms with van der Waals surface area (Å²) < 4.78 is 44.1. The molecule has 1 atom stereocenters. The molecule has 0 aliphatic heterocycles. The van der Waals surface area contributed by atoms with E-state index in [0.29, 0.717) is 21.1 Å². The van der Waals surface area contributed by atoms with E-state index in [1.165, 1.54) is 13.2 Å². The van der Waals surface area contributed by atoms with Crippen molar-refractivity contribution >= 4 is 38.6 Å². The number of methoxy groups -OCH3 is 1. The lowest BCUT2D eigenvalue weighted by Crippen LogP contribution is -2.02. The Morgan fingerprint density at radius 3 is 3.05 bits per heavy atom. The standard InChI is InChI=1S/C16H13BrClFN2O/c1-8(14-13(22-2)4-3-12(19)15(14)18)11-7-21-16-10(11)5-9(17)6-20-16/h3-8H,1-2H3,(H,20,21)/t8-/m0/s1/i1D3. The quantitative estimate of drug-likeness (QED) is 0.665. The second-order valence-electron chi connectivity index (χ2n) is 4.70. The molecule has 0 bridgehead atoms. The van der Waals surface area contributed by atoms with E-state index in [-0.39, 0.29) is 16.3 Å². The lowest BCUT2D eigenvalue weighted by molar-refractivity contribution is 0.407. The second-order valence-corrected chi connectivity index (χ2v) is 6.00. The maximum absolute atomic E-state index is 14.1. The summed E-state index contributed by atoms with van der Waals surface area (Å²) in [6.45, 7) is -2.48. The highest BCUT2D eigenvalue weighted by Gasteiger charge is 2.22. The molecular formula is C16H13BrClFN2O. The molecule has 1 aromatic carbocycles. The van der Waals surface area contributed by atoms with Crippen molar-refractivity contribution in [2.75, 3.05) is 7.11 Å². The minimum absolute atomic E-state index is 0.0880. The summed E-state index contributed by atoms with van der Waals surface area (Å²) in [6.07, 6.45) is 3.16. The van der Waals surface area contributed by atoms with Crippen molar-refractivity contribution in [2.24, 2.45) is 0 Å². The summed E-state index contributed by atoms with van der Waals surface area (Å²) in [5.41, 5.74) is 1.05. The Morgan fingerprint density at radius 1 is 1.50 bits per heavy atom. The Hall–Kier alpha value is -1.59.